The van der Waals surface area contributed by atoms with Crippen molar-refractivity contribution in [2.24, 2.45) is 0 Å². The summed E-state index contributed by atoms with van der Waals surface area (Å²) in [4.78, 5) is 22.9. The minimum Gasteiger partial charge on any atom is -0.444 e. The number of aromatic amines is 1. The summed E-state index contributed by atoms with van der Waals surface area (Å²) in [5, 5.41) is 10.2. The molecule has 2 aromatic rings. The van der Waals surface area contributed by atoms with E-state index in [9.17, 15) is 4.79 Å². The van der Waals surface area contributed by atoms with Gasteiger partial charge in [0.25, 0.3) is 0 Å². The maximum absolute atomic E-state index is 12.1. The molecule has 0 unspecified atom stereocenters. The van der Waals surface area contributed by atoms with Gasteiger partial charge in [-0.25, -0.2) is 14.8 Å². The number of aromatic nitrogens is 4. The first kappa shape index (κ1) is 18.2. The normalized spacial score (nSPS) is 15.8. The van der Waals surface area contributed by atoms with E-state index in [0.717, 1.165) is 29.7 Å². The maximum atomic E-state index is 12.1. The summed E-state index contributed by atoms with van der Waals surface area (Å²) in [6.07, 6.45) is 6.80. The van der Waals surface area contributed by atoms with Crippen molar-refractivity contribution in [3.8, 4) is 11.3 Å². The molecule has 0 aromatic carbocycles. The van der Waals surface area contributed by atoms with Crippen LogP contribution < -0.4 is 5.32 Å². The summed E-state index contributed by atoms with van der Waals surface area (Å²) in [6.45, 7) is 8.94. The fraction of sp³-hybridized carbons (Fsp3) is 0.556. The fourth-order valence-electron chi connectivity index (χ4n) is 2.90. The van der Waals surface area contributed by atoms with Crippen LogP contribution in [0.25, 0.3) is 11.3 Å². The molecule has 0 radical (unpaired) electrons. The number of aryl methyl sites for hydroxylation is 1. The fourth-order valence-corrected chi connectivity index (χ4v) is 2.90. The molecule has 0 atom stereocenters. The van der Waals surface area contributed by atoms with Crippen molar-refractivity contribution in [3.05, 3.63) is 24.2 Å². The first-order valence-corrected chi connectivity index (χ1v) is 8.89. The van der Waals surface area contributed by atoms with Crippen molar-refractivity contribution in [2.45, 2.75) is 52.2 Å². The third-order valence-corrected chi connectivity index (χ3v) is 4.22. The second kappa shape index (κ2) is 7.31. The average molecular weight is 358 g/mol. The molecule has 0 bridgehead atoms. The Bertz CT molecular complexity index is 746. The molecule has 0 aliphatic carbocycles. The molecule has 8 heteroatoms. The van der Waals surface area contributed by atoms with Crippen LogP contribution in [0.1, 0.15) is 39.2 Å². The number of likely N-dealkylation sites (tertiary alicyclic amines) is 1. The molecule has 1 aliphatic rings. The van der Waals surface area contributed by atoms with Crippen LogP contribution in [0.15, 0.2) is 18.6 Å². The third-order valence-electron chi connectivity index (χ3n) is 4.22. The van der Waals surface area contributed by atoms with Gasteiger partial charge in [-0.2, -0.15) is 5.10 Å². The molecule has 2 N–H and O–H groups in total. The molecule has 0 saturated carbocycles. The molecule has 3 heterocycles. The van der Waals surface area contributed by atoms with E-state index >= 15 is 0 Å². The third kappa shape index (κ3) is 4.50. The Hall–Kier alpha value is -2.64. The minimum absolute atomic E-state index is 0.230. The lowest BCUT2D eigenvalue weighted by molar-refractivity contribution is 0.0210. The summed E-state index contributed by atoms with van der Waals surface area (Å²) >= 11 is 0. The Balaban J connectivity index is 1.58. The highest BCUT2D eigenvalue weighted by Gasteiger charge is 2.27. The van der Waals surface area contributed by atoms with Gasteiger partial charge in [0.1, 0.15) is 5.60 Å². The van der Waals surface area contributed by atoms with Gasteiger partial charge in [-0.05, 0) is 46.1 Å². The Labute approximate surface area is 153 Å². The number of carbonyl (C=O) groups is 1. The smallest absolute Gasteiger partial charge is 0.410 e. The summed E-state index contributed by atoms with van der Waals surface area (Å²) in [6, 6.07) is 0.230. The minimum atomic E-state index is -0.467. The van der Waals surface area contributed by atoms with Gasteiger partial charge in [-0.1, -0.05) is 0 Å². The number of anilines is 1. The van der Waals surface area contributed by atoms with Crippen LogP contribution in [-0.4, -0.2) is 55.9 Å². The number of nitrogens with one attached hydrogen (secondary N) is 2. The Morgan fingerprint density at radius 3 is 2.65 bits per heavy atom. The topological polar surface area (TPSA) is 96.0 Å². The van der Waals surface area contributed by atoms with Crippen molar-refractivity contribution >= 4 is 12.0 Å². The van der Waals surface area contributed by atoms with Crippen LogP contribution in [0, 0.1) is 6.92 Å². The monoisotopic (exact) mass is 358 g/mol. The molecular formula is C18H26N6O2. The number of hydrogen-bond donors (Lipinski definition) is 2. The molecule has 1 fully saturated rings. The van der Waals surface area contributed by atoms with E-state index < -0.39 is 5.60 Å². The van der Waals surface area contributed by atoms with Crippen LogP contribution in [-0.2, 0) is 4.74 Å². The maximum Gasteiger partial charge on any atom is 0.410 e. The second-order valence-electron chi connectivity index (χ2n) is 7.60. The van der Waals surface area contributed by atoms with Crippen LogP contribution in [0.3, 0.4) is 0 Å². The number of nitrogens with zero attached hydrogens (tertiary/aromatic N) is 4. The van der Waals surface area contributed by atoms with Gasteiger partial charge in [0.15, 0.2) is 0 Å². The van der Waals surface area contributed by atoms with Crippen molar-refractivity contribution in [1.82, 2.24) is 25.1 Å². The molecule has 0 spiro atoms. The van der Waals surface area contributed by atoms with Gasteiger partial charge in [0.2, 0.25) is 5.95 Å². The van der Waals surface area contributed by atoms with Gasteiger partial charge in [0.05, 0.1) is 11.9 Å². The largest absolute Gasteiger partial charge is 0.444 e. The van der Waals surface area contributed by atoms with Gasteiger partial charge in [-0.3, -0.25) is 5.10 Å². The highest BCUT2D eigenvalue weighted by molar-refractivity contribution is 5.68. The van der Waals surface area contributed by atoms with Gasteiger partial charge in [0, 0.05) is 37.1 Å². The molecule has 2 aromatic heterocycles. The number of carbonyl (C=O) groups excluding carboxylic acids is 1. The summed E-state index contributed by atoms with van der Waals surface area (Å²) in [7, 11) is 0. The quantitative estimate of drug-likeness (QED) is 0.876. The lowest BCUT2D eigenvalue weighted by Gasteiger charge is -2.33. The van der Waals surface area contributed by atoms with Crippen LogP contribution in [0.2, 0.25) is 0 Å². The molecule has 1 amide bonds. The zero-order chi connectivity index (χ0) is 18.7. The van der Waals surface area contributed by atoms with Crippen molar-refractivity contribution < 1.29 is 9.53 Å². The lowest BCUT2D eigenvalue weighted by atomic mass is 10.1. The highest BCUT2D eigenvalue weighted by atomic mass is 16.6. The van der Waals surface area contributed by atoms with Crippen LogP contribution in [0.4, 0.5) is 10.7 Å². The first-order chi connectivity index (χ1) is 12.3. The summed E-state index contributed by atoms with van der Waals surface area (Å²) < 4.78 is 5.43. The predicted octanol–water partition coefficient (Wildman–Crippen LogP) is 2.99. The number of amides is 1. The molecular weight excluding hydrogens is 332 g/mol. The van der Waals surface area contributed by atoms with Crippen molar-refractivity contribution in [2.75, 3.05) is 18.4 Å². The van der Waals surface area contributed by atoms with Gasteiger partial charge >= 0.3 is 6.09 Å². The Morgan fingerprint density at radius 1 is 1.31 bits per heavy atom. The summed E-state index contributed by atoms with van der Waals surface area (Å²) in [5.74, 6) is 0.600. The van der Waals surface area contributed by atoms with E-state index in [1.54, 1.807) is 11.1 Å². The number of H-pyrrole nitrogens is 1. The highest BCUT2D eigenvalue weighted by Crippen LogP contribution is 2.22. The molecule has 26 heavy (non-hydrogen) atoms. The zero-order valence-corrected chi connectivity index (χ0v) is 15.7. The Kier molecular flexibility index (Phi) is 5.11. The van der Waals surface area contributed by atoms with E-state index in [2.05, 4.69) is 25.5 Å². The first-order valence-electron chi connectivity index (χ1n) is 8.89. The van der Waals surface area contributed by atoms with Gasteiger partial charge < -0.3 is 15.0 Å². The SMILES string of the molecule is Cc1cnc(NC2CCN(C(=O)OC(C)(C)C)CC2)nc1-c1cn[nH]c1. The number of rotatable bonds is 3. The zero-order valence-electron chi connectivity index (χ0n) is 15.7. The lowest BCUT2D eigenvalue weighted by Crippen LogP contribution is -2.44. The van der Waals surface area contributed by atoms with E-state index in [1.807, 2.05) is 40.1 Å². The molecule has 1 saturated heterocycles. The summed E-state index contributed by atoms with van der Waals surface area (Å²) in [5.41, 5.74) is 2.33. The average Bonchev–Trinajstić information content (AvgIpc) is 3.10. The van der Waals surface area contributed by atoms with E-state index in [4.69, 9.17) is 4.74 Å². The van der Waals surface area contributed by atoms with Gasteiger partial charge in [-0.15, -0.1) is 0 Å². The van der Waals surface area contributed by atoms with E-state index in [0.29, 0.717) is 19.0 Å². The van der Waals surface area contributed by atoms with E-state index in [-0.39, 0.29) is 12.1 Å². The standard InChI is InChI=1S/C18H26N6O2/c1-12-9-19-16(23-15(12)13-10-20-21-11-13)22-14-5-7-24(8-6-14)17(25)26-18(2,3)4/h9-11,14H,5-8H2,1-4H3,(H,20,21)(H,19,22,23). The Morgan fingerprint density at radius 2 is 2.04 bits per heavy atom. The van der Waals surface area contributed by atoms with Crippen LogP contribution >= 0.6 is 0 Å². The van der Waals surface area contributed by atoms with Crippen molar-refractivity contribution in [3.63, 3.8) is 0 Å². The number of piperidine rings is 1. The molecule has 1 aliphatic heterocycles. The molecule has 3 rings (SSSR count). The van der Waals surface area contributed by atoms with Crippen LogP contribution in [0.5, 0.6) is 0 Å². The number of hydrogen-bond acceptors (Lipinski definition) is 6. The second-order valence-corrected chi connectivity index (χ2v) is 7.60. The predicted molar refractivity (Wildman–Crippen MR) is 98.8 cm³/mol. The number of ether oxygens (including phenoxy) is 1. The van der Waals surface area contributed by atoms with Crippen molar-refractivity contribution in [1.29, 1.82) is 0 Å². The molecule has 140 valence electrons. The van der Waals surface area contributed by atoms with E-state index in [1.165, 1.54) is 0 Å². The molecule has 8 nitrogen and oxygen atoms in total.